The highest BCUT2D eigenvalue weighted by atomic mass is 32.2. The quantitative estimate of drug-likeness (QED) is 0.613. The van der Waals surface area contributed by atoms with E-state index in [4.69, 9.17) is 4.74 Å². The average Bonchev–Trinajstić information content (AvgIpc) is 3.53. The molecule has 4 rings (SSSR count). The smallest absolute Gasteiger partial charge is 0.234 e. The fraction of sp³-hybridized carbons (Fsp3) is 0.571. The second-order valence-electron chi connectivity index (χ2n) is 7.54. The fourth-order valence-electron chi connectivity index (χ4n) is 3.67. The summed E-state index contributed by atoms with van der Waals surface area (Å²) in [7, 11) is 0. The van der Waals surface area contributed by atoms with Gasteiger partial charge in [-0.25, -0.2) is 0 Å². The Morgan fingerprint density at radius 3 is 2.50 bits per heavy atom. The third kappa shape index (κ3) is 4.89. The van der Waals surface area contributed by atoms with E-state index in [0.717, 1.165) is 69.0 Å². The first-order valence-corrected chi connectivity index (χ1v) is 11.7. The first kappa shape index (κ1) is 21.0. The van der Waals surface area contributed by atoms with Gasteiger partial charge in [-0.2, -0.15) is 0 Å². The molecule has 0 spiro atoms. The van der Waals surface area contributed by atoms with Crippen LogP contribution in [-0.2, 0) is 9.53 Å². The first-order chi connectivity index (χ1) is 14.7. The summed E-state index contributed by atoms with van der Waals surface area (Å²) in [4.78, 5) is 17.0. The van der Waals surface area contributed by atoms with Crippen molar-refractivity contribution in [3.8, 4) is 0 Å². The molecule has 2 aromatic rings. The molecule has 1 aromatic carbocycles. The number of benzene rings is 1. The molecule has 1 saturated carbocycles. The summed E-state index contributed by atoms with van der Waals surface area (Å²) in [6, 6.07) is 8.47. The van der Waals surface area contributed by atoms with Crippen LogP contribution in [0.3, 0.4) is 0 Å². The molecule has 0 atom stereocenters. The molecule has 0 bridgehead atoms. The third-order valence-electron chi connectivity index (χ3n) is 5.46. The molecule has 2 aliphatic rings. The zero-order valence-corrected chi connectivity index (χ0v) is 18.5. The van der Waals surface area contributed by atoms with Crippen molar-refractivity contribution >= 4 is 35.0 Å². The van der Waals surface area contributed by atoms with Gasteiger partial charge in [0.05, 0.1) is 19.0 Å². The zero-order chi connectivity index (χ0) is 20.9. The van der Waals surface area contributed by atoms with Crippen molar-refractivity contribution in [1.82, 2.24) is 14.8 Å². The molecule has 1 amide bonds. The minimum atomic E-state index is -0.0335. The molecule has 162 valence electrons. The number of aromatic nitrogens is 3. The van der Waals surface area contributed by atoms with Crippen molar-refractivity contribution in [2.75, 3.05) is 60.3 Å². The number of hydrogen-bond acceptors (Lipinski definition) is 7. The molecule has 1 saturated heterocycles. The van der Waals surface area contributed by atoms with Gasteiger partial charge in [0, 0.05) is 43.6 Å². The van der Waals surface area contributed by atoms with Crippen LogP contribution in [0.15, 0.2) is 29.4 Å². The third-order valence-corrected chi connectivity index (χ3v) is 6.41. The summed E-state index contributed by atoms with van der Waals surface area (Å²) >= 11 is 1.45. The number of amides is 1. The van der Waals surface area contributed by atoms with Crippen molar-refractivity contribution in [1.29, 1.82) is 0 Å². The molecule has 0 unspecified atom stereocenters. The van der Waals surface area contributed by atoms with Crippen LogP contribution in [0.25, 0.3) is 0 Å². The van der Waals surface area contributed by atoms with E-state index >= 15 is 0 Å². The predicted molar refractivity (Wildman–Crippen MR) is 121 cm³/mol. The largest absolute Gasteiger partial charge is 0.378 e. The van der Waals surface area contributed by atoms with Gasteiger partial charge in [0.25, 0.3) is 0 Å². The van der Waals surface area contributed by atoms with Gasteiger partial charge in [0.15, 0.2) is 5.16 Å². The number of morpholine rings is 1. The summed E-state index contributed by atoms with van der Waals surface area (Å²) in [6.07, 6.45) is 2.29. The maximum Gasteiger partial charge on any atom is 0.234 e. The lowest BCUT2D eigenvalue weighted by Gasteiger charge is -2.27. The van der Waals surface area contributed by atoms with Crippen LogP contribution in [-0.4, -0.2) is 65.8 Å². The number of carbonyl (C=O) groups excluding carboxylic acids is 1. The minimum absolute atomic E-state index is 0.0335. The van der Waals surface area contributed by atoms with Gasteiger partial charge in [-0.05, 0) is 51.0 Å². The van der Waals surface area contributed by atoms with E-state index in [1.807, 2.05) is 24.3 Å². The fourth-order valence-corrected chi connectivity index (χ4v) is 4.47. The van der Waals surface area contributed by atoms with Crippen LogP contribution in [0.4, 0.5) is 17.3 Å². The molecule has 1 aliphatic carbocycles. The molecule has 2 heterocycles. The summed E-state index contributed by atoms with van der Waals surface area (Å²) in [5, 5.41) is 12.6. The monoisotopic (exact) mass is 430 g/mol. The van der Waals surface area contributed by atoms with Crippen LogP contribution in [0.2, 0.25) is 0 Å². The molecular weight excluding hydrogens is 400 g/mol. The molecular formula is C21H30N6O2S. The normalized spacial score (nSPS) is 16.5. The molecule has 0 radical (unpaired) electrons. The topological polar surface area (TPSA) is 75.5 Å². The number of rotatable bonds is 9. The number of thioether (sulfide) groups is 1. The predicted octanol–water partition coefficient (Wildman–Crippen LogP) is 3.03. The van der Waals surface area contributed by atoms with E-state index in [9.17, 15) is 4.79 Å². The average molecular weight is 431 g/mol. The van der Waals surface area contributed by atoms with E-state index in [1.165, 1.54) is 17.4 Å². The van der Waals surface area contributed by atoms with Crippen LogP contribution in [0.1, 0.15) is 32.7 Å². The van der Waals surface area contributed by atoms with Gasteiger partial charge < -0.3 is 19.9 Å². The van der Waals surface area contributed by atoms with Gasteiger partial charge in [0.2, 0.25) is 11.9 Å². The van der Waals surface area contributed by atoms with Gasteiger partial charge in [0.1, 0.15) is 0 Å². The highest BCUT2D eigenvalue weighted by molar-refractivity contribution is 7.99. The van der Waals surface area contributed by atoms with Crippen molar-refractivity contribution in [3.63, 3.8) is 0 Å². The number of nitrogens with one attached hydrogen (secondary N) is 1. The van der Waals surface area contributed by atoms with Crippen molar-refractivity contribution in [2.45, 2.75) is 37.9 Å². The standard InChI is InChI=1S/C21H30N6O2S/c1-3-25(4-2)17-7-5-16(6-8-17)22-19(28)15-30-21-24-23-20(27(21)18-9-10-18)26-11-13-29-14-12-26/h5-8,18H,3-4,9-15H2,1-2H3,(H,22,28). The summed E-state index contributed by atoms with van der Waals surface area (Å²) in [5.41, 5.74) is 1.98. The maximum absolute atomic E-state index is 12.5. The highest BCUT2D eigenvalue weighted by Gasteiger charge is 2.32. The maximum atomic E-state index is 12.5. The molecule has 8 nitrogen and oxygen atoms in total. The minimum Gasteiger partial charge on any atom is -0.378 e. The van der Waals surface area contributed by atoms with Crippen LogP contribution >= 0.6 is 11.8 Å². The van der Waals surface area contributed by atoms with Crippen LogP contribution in [0, 0.1) is 0 Å². The van der Waals surface area contributed by atoms with E-state index in [0.29, 0.717) is 11.8 Å². The van der Waals surface area contributed by atoms with E-state index in [2.05, 4.69) is 43.7 Å². The second kappa shape index (κ2) is 9.70. The lowest BCUT2D eigenvalue weighted by atomic mass is 10.2. The van der Waals surface area contributed by atoms with E-state index in [-0.39, 0.29) is 5.91 Å². The zero-order valence-electron chi connectivity index (χ0n) is 17.7. The number of anilines is 3. The molecule has 1 N–H and O–H groups in total. The Morgan fingerprint density at radius 1 is 1.17 bits per heavy atom. The van der Waals surface area contributed by atoms with Gasteiger partial charge in [-0.1, -0.05) is 11.8 Å². The first-order valence-electron chi connectivity index (χ1n) is 10.7. The second-order valence-corrected chi connectivity index (χ2v) is 8.48. The lowest BCUT2D eigenvalue weighted by Crippen LogP contribution is -2.38. The Balaban J connectivity index is 1.35. The SMILES string of the molecule is CCN(CC)c1ccc(NC(=O)CSc2nnc(N3CCOCC3)n2C2CC2)cc1. The molecule has 2 fully saturated rings. The van der Waals surface area contributed by atoms with E-state index < -0.39 is 0 Å². The number of carbonyl (C=O) groups is 1. The Hall–Kier alpha value is -2.26. The number of ether oxygens (including phenoxy) is 1. The Bertz CT molecular complexity index is 842. The molecule has 9 heteroatoms. The van der Waals surface area contributed by atoms with Crippen LogP contribution < -0.4 is 15.1 Å². The van der Waals surface area contributed by atoms with Crippen molar-refractivity contribution in [2.24, 2.45) is 0 Å². The summed E-state index contributed by atoms with van der Waals surface area (Å²) < 4.78 is 7.66. The van der Waals surface area contributed by atoms with Crippen molar-refractivity contribution < 1.29 is 9.53 Å². The summed E-state index contributed by atoms with van der Waals surface area (Å²) in [5.74, 6) is 1.19. The van der Waals surface area contributed by atoms with Gasteiger partial charge in [-0.15, -0.1) is 10.2 Å². The Labute approximate surface area is 182 Å². The number of hydrogen-bond donors (Lipinski definition) is 1. The summed E-state index contributed by atoms with van der Waals surface area (Å²) in [6.45, 7) is 9.31. The van der Waals surface area contributed by atoms with E-state index in [1.54, 1.807) is 0 Å². The van der Waals surface area contributed by atoms with Crippen molar-refractivity contribution in [3.05, 3.63) is 24.3 Å². The molecule has 1 aromatic heterocycles. The number of nitrogens with zero attached hydrogens (tertiary/aromatic N) is 5. The van der Waals surface area contributed by atoms with Crippen LogP contribution in [0.5, 0.6) is 0 Å². The Kier molecular flexibility index (Phi) is 6.79. The Morgan fingerprint density at radius 2 is 1.87 bits per heavy atom. The molecule has 1 aliphatic heterocycles. The highest BCUT2D eigenvalue weighted by Crippen LogP contribution is 2.41. The molecule has 30 heavy (non-hydrogen) atoms. The van der Waals surface area contributed by atoms with Gasteiger partial charge >= 0.3 is 0 Å². The lowest BCUT2D eigenvalue weighted by molar-refractivity contribution is -0.113. The van der Waals surface area contributed by atoms with Gasteiger partial charge in [-0.3, -0.25) is 9.36 Å².